The molecule has 1 fully saturated rings. The van der Waals surface area contributed by atoms with E-state index in [0.29, 0.717) is 5.92 Å². The number of ether oxygens (including phenoxy) is 1. The Balaban J connectivity index is 2.02. The summed E-state index contributed by atoms with van der Waals surface area (Å²) in [5.74, 6) is 2.35. The van der Waals surface area contributed by atoms with Gasteiger partial charge in [-0.05, 0) is 43.6 Å². The summed E-state index contributed by atoms with van der Waals surface area (Å²) in [6, 6.07) is 0. The van der Waals surface area contributed by atoms with Gasteiger partial charge in [0.2, 0.25) is 0 Å². The second-order valence-corrected chi connectivity index (χ2v) is 5.69. The molecule has 2 nitrogen and oxygen atoms in total. The van der Waals surface area contributed by atoms with Crippen LogP contribution in [0.15, 0.2) is 0 Å². The van der Waals surface area contributed by atoms with Crippen molar-refractivity contribution in [2.45, 2.75) is 46.5 Å². The van der Waals surface area contributed by atoms with Gasteiger partial charge in [0.05, 0.1) is 6.61 Å². The van der Waals surface area contributed by atoms with E-state index in [2.05, 4.69) is 26.1 Å². The molecule has 1 unspecified atom stereocenters. The van der Waals surface area contributed by atoms with Crippen LogP contribution in [0.2, 0.25) is 0 Å². The molecule has 0 radical (unpaired) electrons. The van der Waals surface area contributed by atoms with E-state index in [9.17, 15) is 0 Å². The number of nitrogens with one attached hydrogen (secondary N) is 1. The Hall–Kier alpha value is -0.0800. The standard InChI is InChI=1S/C14H29NO/c1-4-5-14(9-15-8-12(2)3)11-16-10-13-6-7-13/h12-15H,4-11H2,1-3H3. The second kappa shape index (κ2) is 8.08. The highest BCUT2D eigenvalue weighted by atomic mass is 16.5. The lowest BCUT2D eigenvalue weighted by Crippen LogP contribution is -2.29. The van der Waals surface area contributed by atoms with Gasteiger partial charge < -0.3 is 10.1 Å². The first-order valence-electron chi connectivity index (χ1n) is 7.00. The first-order chi connectivity index (χ1) is 7.72. The molecule has 1 rings (SSSR count). The van der Waals surface area contributed by atoms with Gasteiger partial charge in [0, 0.05) is 13.2 Å². The molecule has 0 spiro atoms. The van der Waals surface area contributed by atoms with Crippen LogP contribution in [0.4, 0.5) is 0 Å². The molecular formula is C14H29NO. The third kappa shape index (κ3) is 7.24. The number of hydrogen-bond donors (Lipinski definition) is 1. The van der Waals surface area contributed by atoms with E-state index >= 15 is 0 Å². The minimum Gasteiger partial charge on any atom is -0.381 e. The molecule has 1 N–H and O–H groups in total. The van der Waals surface area contributed by atoms with Crippen molar-refractivity contribution in [2.75, 3.05) is 26.3 Å². The minimum atomic E-state index is 0.711. The van der Waals surface area contributed by atoms with Crippen molar-refractivity contribution in [3.05, 3.63) is 0 Å². The van der Waals surface area contributed by atoms with Crippen molar-refractivity contribution >= 4 is 0 Å². The van der Waals surface area contributed by atoms with Gasteiger partial charge in [0.15, 0.2) is 0 Å². The molecule has 16 heavy (non-hydrogen) atoms. The van der Waals surface area contributed by atoms with Gasteiger partial charge in [-0.15, -0.1) is 0 Å². The summed E-state index contributed by atoms with van der Waals surface area (Å²) in [7, 11) is 0. The molecular weight excluding hydrogens is 198 g/mol. The van der Waals surface area contributed by atoms with Crippen LogP contribution in [-0.2, 0) is 4.74 Å². The summed E-state index contributed by atoms with van der Waals surface area (Å²) in [4.78, 5) is 0. The summed E-state index contributed by atoms with van der Waals surface area (Å²) in [6.07, 6.45) is 5.34. The van der Waals surface area contributed by atoms with Gasteiger partial charge in [-0.2, -0.15) is 0 Å². The van der Waals surface area contributed by atoms with E-state index in [0.717, 1.165) is 38.1 Å². The fraction of sp³-hybridized carbons (Fsp3) is 1.00. The van der Waals surface area contributed by atoms with Gasteiger partial charge in [-0.3, -0.25) is 0 Å². The quantitative estimate of drug-likeness (QED) is 0.619. The maximum absolute atomic E-state index is 5.79. The van der Waals surface area contributed by atoms with E-state index < -0.39 is 0 Å². The van der Waals surface area contributed by atoms with Crippen LogP contribution in [0.5, 0.6) is 0 Å². The van der Waals surface area contributed by atoms with Crippen molar-refractivity contribution in [1.29, 1.82) is 0 Å². The lowest BCUT2D eigenvalue weighted by molar-refractivity contribution is 0.0874. The second-order valence-electron chi connectivity index (χ2n) is 5.69. The molecule has 0 aromatic carbocycles. The van der Waals surface area contributed by atoms with Gasteiger partial charge in [-0.1, -0.05) is 27.2 Å². The molecule has 1 atom stereocenters. The first kappa shape index (κ1) is 14.0. The predicted molar refractivity (Wildman–Crippen MR) is 69.6 cm³/mol. The molecule has 1 aliphatic rings. The summed E-state index contributed by atoms with van der Waals surface area (Å²) in [5, 5.41) is 3.54. The van der Waals surface area contributed by atoms with Crippen molar-refractivity contribution in [3.8, 4) is 0 Å². The minimum absolute atomic E-state index is 0.711. The highest BCUT2D eigenvalue weighted by Gasteiger charge is 2.21. The molecule has 0 aromatic heterocycles. The first-order valence-corrected chi connectivity index (χ1v) is 7.00. The van der Waals surface area contributed by atoms with E-state index in [1.54, 1.807) is 0 Å². The molecule has 2 heteroatoms. The van der Waals surface area contributed by atoms with Crippen molar-refractivity contribution in [1.82, 2.24) is 5.32 Å². The molecule has 0 aromatic rings. The maximum Gasteiger partial charge on any atom is 0.0506 e. The molecule has 0 aliphatic heterocycles. The van der Waals surface area contributed by atoms with Crippen LogP contribution in [-0.4, -0.2) is 26.3 Å². The fourth-order valence-corrected chi connectivity index (χ4v) is 1.91. The summed E-state index contributed by atoms with van der Waals surface area (Å²) in [6.45, 7) is 11.0. The Labute approximate surface area is 101 Å². The Bertz CT molecular complexity index is 158. The van der Waals surface area contributed by atoms with E-state index in [4.69, 9.17) is 4.74 Å². The zero-order chi connectivity index (χ0) is 11.8. The smallest absolute Gasteiger partial charge is 0.0506 e. The Morgan fingerprint density at radius 3 is 2.56 bits per heavy atom. The third-order valence-electron chi connectivity index (χ3n) is 3.09. The van der Waals surface area contributed by atoms with Crippen molar-refractivity contribution in [2.24, 2.45) is 17.8 Å². The van der Waals surface area contributed by atoms with E-state index in [1.165, 1.54) is 25.7 Å². The fourth-order valence-electron chi connectivity index (χ4n) is 1.91. The van der Waals surface area contributed by atoms with Crippen molar-refractivity contribution < 1.29 is 4.74 Å². The molecule has 0 heterocycles. The average molecular weight is 227 g/mol. The third-order valence-corrected chi connectivity index (χ3v) is 3.09. The maximum atomic E-state index is 5.79. The molecule has 96 valence electrons. The molecule has 0 amide bonds. The average Bonchev–Trinajstić information content (AvgIpc) is 3.01. The molecule has 0 saturated heterocycles. The Morgan fingerprint density at radius 2 is 2.00 bits per heavy atom. The normalized spacial score (nSPS) is 18.0. The van der Waals surface area contributed by atoms with Gasteiger partial charge in [0.25, 0.3) is 0 Å². The SMILES string of the molecule is CCCC(CNCC(C)C)COCC1CC1. The zero-order valence-corrected chi connectivity index (χ0v) is 11.3. The zero-order valence-electron chi connectivity index (χ0n) is 11.3. The van der Waals surface area contributed by atoms with Gasteiger partial charge in [-0.25, -0.2) is 0 Å². The van der Waals surface area contributed by atoms with Gasteiger partial charge >= 0.3 is 0 Å². The predicted octanol–water partition coefficient (Wildman–Crippen LogP) is 3.07. The lowest BCUT2D eigenvalue weighted by Gasteiger charge is -2.18. The largest absolute Gasteiger partial charge is 0.381 e. The highest BCUT2D eigenvalue weighted by molar-refractivity contribution is 4.72. The van der Waals surface area contributed by atoms with Crippen LogP contribution in [0.1, 0.15) is 46.5 Å². The van der Waals surface area contributed by atoms with Crippen LogP contribution >= 0.6 is 0 Å². The van der Waals surface area contributed by atoms with Gasteiger partial charge in [0.1, 0.15) is 0 Å². The summed E-state index contributed by atoms with van der Waals surface area (Å²) < 4.78 is 5.79. The van der Waals surface area contributed by atoms with Crippen LogP contribution < -0.4 is 5.32 Å². The molecule has 0 bridgehead atoms. The summed E-state index contributed by atoms with van der Waals surface area (Å²) >= 11 is 0. The topological polar surface area (TPSA) is 21.3 Å². The van der Waals surface area contributed by atoms with E-state index in [-0.39, 0.29) is 0 Å². The van der Waals surface area contributed by atoms with Crippen LogP contribution in [0.25, 0.3) is 0 Å². The Kier molecular flexibility index (Phi) is 7.06. The highest BCUT2D eigenvalue weighted by Crippen LogP contribution is 2.29. The van der Waals surface area contributed by atoms with E-state index in [1.807, 2.05) is 0 Å². The lowest BCUT2D eigenvalue weighted by atomic mass is 10.0. The van der Waals surface area contributed by atoms with Crippen LogP contribution in [0, 0.1) is 17.8 Å². The Morgan fingerprint density at radius 1 is 1.25 bits per heavy atom. The van der Waals surface area contributed by atoms with Crippen LogP contribution in [0.3, 0.4) is 0 Å². The number of hydrogen-bond acceptors (Lipinski definition) is 2. The number of rotatable bonds is 10. The molecule has 1 saturated carbocycles. The van der Waals surface area contributed by atoms with Crippen molar-refractivity contribution in [3.63, 3.8) is 0 Å². The molecule has 1 aliphatic carbocycles. The summed E-state index contributed by atoms with van der Waals surface area (Å²) in [5.41, 5.74) is 0. The monoisotopic (exact) mass is 227 g/mol.